The topological polar surface area (TPSA) is 49.8 Å². The molecule has 2 N–H and O–H groups in total. The molecule has 0 aliphatic rings. The van der Waals surface area contributed by atoms with E-state index in [1.807, 2.05) is 0 Å². The van der Waals surface area contributed by atoms with Gasteiger partial charge in [0.2, 0.25) is 5.95 Å². The number of nitrogens with one attached hydrogen (secondary N) is 2. The first-order valence-electron chi connectivity index (χ1n) is 7.76. The highest BCUT2D eigenvalue weighted by molar-refractivity contribution is 6.33. The van der Waals surface area contributed by atoms with Crippen molar-refractivity contribution >= 4 is 29.1 Å². The highest BCUT2D eigenvalue weighted by Gasteiger charge is 2.31. The molecule has 27 heavy (non-hydrogen) atoms. The molecule has 0 amide bonds. The van der Waals surface area contributed by atoms with Gasteiger partial charge >= 0.3 is 6.18 Å². The van der Waals surface area contributed by atoms with Crippen molar-refractivity contribution in [2.45, 2.75) is 12.7 Å². The number of nitrogens with zero attached hydrogens (tertiary/aromatic N) is 2. The number of hydrogen-bond acceptors (Lipinski definition) is 4. The van der Waals surface area contributed by atoms with E-state index in [0.29, 0.717) is 12.4 Å². The van der Waals surface area contributed by atoms with Gasteiger partial charge in [-0.05, 0) is 42.0 Å². The van der Waals surface area contributed by atoms with Crippen LogP contribution in [0.4, 0.5) is 35.0 Å². The Morgan fingerprint density at radius 3 is 2.44 bits per heavy atom. The summed E-state index contributed by atoms with van der Waals surface area (Å²) < 4.78 is 51.5. The standard InChI is InChI=1S/C18H13ClF4N4/c19-14-6-3-12(18(21,22)23)9-15(14)26-17-24-8-7-16(27-17)25-10-11-1-4-13(20)5-2-11/h1-9H,10H2,(H2,24,25,26,27). The van der Waals surface area contributed by atoms with Crippen molar-refractivity contribution in [1.29, 1.82) is 0 Å². The summed E-state index contributed by atoms with van der Waals surface area (Å²) in [5.41, 5.74) is 0.0487. The van der Waals surface area contributed by atoms with E-state index in [1.165, 1.54) is 18.3 Å². The predicted octanol–water partition coefficient (Wildman–Crippen LogP) is 5.64. The lowest BCUT2D eigenvalue weighted by molar-refractivity contribution is -0.137. The maximum atomic E-state index is 12.9. The van der Waals surface area contributed by atoms with E-state index in [-0.39, 0.29) is 22.5 Å². The van der Waals surface area contributed by atoms with Gasteiger partial charge in [0.25, 0.3) is 0 Å². The number of hydrogen-bond donors (Lipinski definition) is 2. The van der Waals surface area contributed by atoms with E-state index in [2.05, 4.69) is 20.6 Å². The third kappa shape index (κ3) is 5.07. The minimum absolute atomic E-state index is 0.0437. The molecule has 9 heteroatoms. The lowest BCUT2D eigenvalue weighted by Crippen LogP contribution is -2.07. The number of halogens is 5. The molecular formula is C18H13ClF4N4. The van der Waals surface area contributed by atoms with Crippen LogP contribution in [0.3, 0.4) is 0 Å². The third-order valence-corrected chi connectivity index (χ3v) is 3.91. The van der Waals surface area contributed by atoms with E-state index in [1.54, 1.807) is 18.2 Å². The minimum atomic E-state index is -4.49. The summed E-state index contributed by atoms with van der Waals surface area (Å²) >= 11 is 5.96. The highest BCUT2D eigenvalue weighted by atomic mass is 35.5. The van der Waals surface area contributed by atoms with E-state index in [0.717, 1.165) is 23.8 Å². The van der Waals surface area contributed by atoms with E-state index < -0.39 is 11.7 Å². The van der Waals surface area contributed by atoms with Crippen molar-refractivity contribution in [3.05, 3.63) is 76.7 Å². The fourth-order valence-electron chi connectivity index (χ4n) is 2.23. The maximum Gasteiger partial charge on any atom is 0.416 e. The van der Waals surface area contributed by atoms with Crippen LogP contribution in [-0.2, 0) is 12.7 Å². The molecule has 0 bridgehead atoms. The molecule has 3 aromatic rings. The Kier molecular flexibility index (Phi) is 5.46. The van der Waals surface area contributed by atoms with Crippen molar-refractivity contribution in [2.75, 3.05) is 10.6 Å². The molecule has 0 radical (unpaired) electrons. The third-order valence-electron chi connectivity index (χ3n) is 3.58. The van der Waals surface area contributed by atoms with Crippen molar-refractivity contribution in [3.8, 4) is 0 Å². The Labute approximate surface area is 157 Å². The molecule has 0 fully saturated rings. The molecule has 0 aliphatic heterocycles. The average Bonchev–Trinajstić information content (AvgIpc) is 2.62. The first-order valence-corrected chi connectivity index (χ1v) is 8.14. The Hall–Kier alpha value is -2.87. The normalized spacial score (nSPS) is 11.3. The molecule has 0 spiro atoms. The molecule has 1 aromatic heterocycles. The van der Waals surface area contributed by atoms with Crippen LogP contribution >= 0.6 is 11.6 Å². The van der Waals surface area contributed by atoms with Gasteiger partial charge in [-0.15, -0.1) is 0 Å². The summed E-state index contributed by atoms with van der Waals surface area (Å²) in [7, 11) is 0. The van der Waals surface area contributed by atoms with Gasteiger partial charge < -0.3 is 10.6 Å². The highest BCUT2D eigenvalue weighted by Crippen LogP contribution is 2.34. The second-order valence-electron chi connectivity index (χ2n) is 5.56. The molecule has 0 unspecified atom stereocenters. The summed E-state index contributed by atoms with van der Waals surface area (Å²) in [6.07, 6.45) is -3.04. The van der Waals surface area contributed by atoms with E-state index in [4.69, 9.17) is 11.6 Å². The molecule has 4 nitrogen and oxygen atoms in total. The SMILES string of the molecule is Fc1ccc(CNc2ccnc(Nc3cc(C(F)(F)F)ccc3Cl)n2)cc1. The number of benzene rings is 2. The van der Waals surface area contributed by atoms with Crippen LogP contribution in [0.2, 0.25) is 5.02 Å². The molecule has 0 atom stereocenters. The number of anilines is 3. The summed E-state index contributed by atoms with van der Waals surface area (Å²) in [4.78, 5) is 8.17. The molecule has 2 aromatic carbocycles. The summed E-state index contributed by atoms with van der Waals surface area (Å²) in [5.74, 6) is 0.200. The maximum absolute atomic E-state index is 12.9. The van der Waals surface area contributed by atoms with Gasteiger partial charge in [-0.3, -0.25) is 0 Å². The zero-order valence-corrected chi connectivity index (χ0v) is 14.4. The van der Waals surface area contributed by atoms with Crippen LogP contribution in [0.1, 0.15) is 11.1 Å². The fraction of sp³-hybridized carbons (Fsp3) is 0.111. The van der Waals surface area contributed by atoms with Crippen LogP contribution in [-0.4, -0.2) is 9.97 Å². The smallest absolute Gasteiger partial charge is 0.366 e. The second kappa shape index (κ2) is 7.79. The van der Waals surface area contributed by atoms with Gasteiger partial charge in [0.1, 0.15) is 11.6 Å². The molecule has 3 rings (SSSR count). The second-order valence-corrected chi connectivity index (χ2v) is 5.97. The summed E-state index contributed by atoms with van der Waals surface area (Å²) in [5, 5.41) is 5.82. The van der Waals surface area contributed by atoms with Gasteiger partial charge in [-0.2, -0.15) is 18.2 Å². The lowest BCUT2D eigenvalue weighted by atomic mass is 10.2. The van der Waals surface area contributed by atoms with Crippen molar-refractivity contribution in [3.63, 3.8) is 0 Å². The molecule has 140 valence electrons. The van der Waals surface area contributed by atoms with Crippen molar-refractivity contribution < 1.29 is 17.6 Å². The quantitative estimate of drug-likeness (QED) is 0.548. The van der Waals surface area contributed by atoms with E-state index >= 15 is 0 Å². The number of alkyl halides is 3. The van der Waals surface area contributed by atoms with Gasteiger partial charge in [0, 0.05) is 12.7 Å². The van der Waals surface area contributed by atoms with Crippen molar-refractivity contribution in [1.82, 2.24) is 9.97 Å². The molecule has 0 saturated heterocycles. The largest absolute Gasteiger partial charge is 0.416 e. The van der Waals surface area contributed by atoms with Crippen molar-refractivity contribution in [2.24, 2.45) is 0 Å². The Bertz CT molecular complexity index is 929. The monoisotopic (exact) mass is 396 g/mol. The first kappa shape index (κ1) is 18.9. The zero-order chi connectivity index (χ0) is 19.4. The average molecular weight is 397 g/mol. The molecule has 0 aliphatic carbocycles. The molecule has 1 heterocycles. The zero-order valence-electron chi connectivity index (χ0n) is 13.7. The van der Waals surface area contributed by atoms with Crippen LogP contribution in [0.25, 0.3) is 0 Å². The number of aromatic nitrogens is 2. The Morgan fingerprint density at radius 2 is 1.74 bits per heavy atom. The minimum Gasteiger partial charge on any atom is -0.366 e. The predicted molar refractivity (Wildman–Crippen MR) is 95.5 cm³/mol. The first-order chi connectivity index (χ1) is 12.8. The summed E-state index contributed by atoms with van der Waals surface area (Å²) in [6.45, 7) is 0.390. The Balaban J connectivity index is 1.73. The Morgan fingerprint density at radius 1 is 1.00 bits per heavy atom. The fourth-order valence-corrected chi connectivity index (χ4v) is 2.39. The van der Waals surface area contributed by atoms with Gasteiger partial charge in [-0.25, -0.2) is 9.37 Å². The number of rotatable bonds is 5. The van der Waals surface area contributed by atoms with Crippen LogP contribution in [0.15, 0.2) is 54.7 Å². The lowest BCUT2D eigenvalue weighted by Gasteiger charge is -2.12. The van der Waals surface area contributed by atoms with Gasteiger partial charge in [0.15, 0.2) is 0 Å². The van der Waals surface area contributed by atoms with Crippen LogP contribution < -0.4 is 10.6 Å². The molecule has 0 saturated carbocycles. The van der Waals surface area contributed by atoms with Gasteiger partial charge in [-0.1, -0.05) is 23.7 Å². The van der Waals surface area contributed by atoms with Crippen LogP contribution in [0, 0.1) is 5.82 Å². The van der Waals surface area contributed by atoms with E-state index in [9.17, 15) is 17.6 Å². The van der Waals surface area contributed by atoms with Crippen LogP contribution in [0.5, 0.6) is 0 Å². The summed E-state index contributed by atoms with van der Waals surface area (Å²) in [6, 6.07) is 10.5. The van der Waals surface area contributed by atoms with Gasteiger partial charge in [0.05, 0.1) is 16.3 Å². The molecular weight excluding hydrogens is 384 g/mol.